The van der Waals surface area contributed by atoms with Crippen LogP contribution in [0.15, 0.2) is 97.1 Å². The molecule has 0 aliphatic carbocycles. The van der Waals surface area contributed by atoms with Crippen LogP contribution in [0.3, 0.4) is 0 Å². The molecular weight excluding hydrogens is 507 g/mol. The zero-order valence-electron chi connectivity index (χ0n) is 20.0. The third-order valence-corrected chi connectivity index (χ3v) is 5.44. The molecule has 0 N–H and O–H groups in total. The first-order valence-electron chi connectivity index (χ1n) is 11.0. The topological polar surface area (TPSA) is 0 Å². The van der Waals surface area contributed by atoms with Gasteiger partial charge in [-0.05, 0) is 10.8 Å². The summed E-state index contributed by atoms with van der Waals surface area (Å²) >= 11 is 2.27. The van der Waals surface area contributed by atoms with Crippen LogP contribution in [0.4, 0.5) is 0 Å². The van der Waals surface area contributed by atoms with E-state index in [-0.39, 0.29) is 31.0 Å². The summed E-state index contributed by atoms with van der Waals surface area (Å²) in [5.41, 5.74) is 2.69. The van der Waals surface area contributed by atoms with Gasteiger partial charge in [-0.25, -0.2) is 0 Å². The van der Waals surface area contributed by atoms with E-state index in [4.69, 9.17) is 0 Å². The van der Waals surface area contributed by atoms with Gasteiger partial charge >= 0.3 is 38.5 Å². The van der Waals surface area contributed by atoms with E-state index in [1.165, 1.54) is 54.2 Å². The second-order valence-corrected chi connectivity index (χ2v) is 15.4. The molecule has 0 saturated heterocycles. The fourth-order valence-electron chi connectivity index (χ4n) is 4.12. The summed E-state index contributed by atoms with van der Waals surface area (Å²) in [6.45, 7) is 8.82. The van der Waals surface area contributed by atoms with E-state index in [0.717, 1.165) is 0 Å². The van der Waals surface area contributed by atoms with Gasteiger partial charge in [0.1, 0.15) is 0 Å². The van der Waals surface area contributed by atoms with E-state index < -0.39 is 0 Å². The molecule has 0 amide bonds. The molecule has 0 bridgehead atoms. The van der Waals surface area contributed by atoms with E-state index >= 15 is 0 Å². The smallest absolute Gasteiger partial charge is 0.0370 e. The van der Waals surface area contributed by atoms with Crippen LogP contribution in [0.5, 0.6) is 0 Å². The number of aryl methyl sites for hydroxylation is 2. The Kier molecular flexibility index (Phi) is 10.6. The van der Waals surface area contributed by atoms with Gasteiger partial charge in [0.05, 0.1) is 0 Å². The average molecular weight is 535 g/mol. The summed E-state index contributed by atoms with van der Waals surface area (Å²) in [7, 11) is 0. The third-order valence-electron chi connectivity index (χ3n) is 5.44. The summed E-state index contributed by atoms with van der Waals surface area (Å²) in [4.78, 5) is 0. The summed E-state index contributed by atoms with van der Waals surface area (Å²) in [5.74, 6) is 0. The SMILES string of the molecule is C[Si](C)=[Ti+2].Cc1cc2cc3ccccc3cc2[cH-]1.Cc1cc2cc3ccccc3cc2[cH-]1.[Cl-].[Cl-]. The van der Waals surface area contributed by atoms with Crippen molar-refractivity contribution in [2.24, 2.45) is 0 Å². The fourth-order valence-corrected chi connectivity index (χ4v) is 4.12. The zero-order valence-corrected chi connectivity index (χ0v) is 24.1. The summed E-state index contributed by atoms with van der Waals surface area (Å²) in [6, 6.07) is 35.0. The zero-order chi connectivity index (χ0) is 22.7. The molecule has 0 saturated carbocycles. The Morgan fingerprint density at radius 1 is 0.529 bits per heavy atom. The maximum absolute atomic E-state index is 2.27. The number of fused-ring (bicyclic) bond motifs is 4. The van der Waals surface area contributed by atoms with Crippen LogP contribution in [-0.2, 0) is 19.2 Å². The van der Waals surface area contributed by atoms with Gasteiger partial charge in [-0.3, -0.25) is 0 Å². The molecule has 0 radical (unpaired) electrons. The van der Waals surface area contributed by atoms with Crippen molar-refractivity contribution in [3.05, 3.63) is 108 Å². The Hall–Kier alpha value is -1.87. The monoisotopic (exact) mass is 534 g/mol. The van der Waals surface area contributed by atoms with E-state index in [1.54, 1.807) is 0 Å². The van der Waals surface area contributed by atoms with Crippen molar-refractivity contribution < 1.29 is 44.0 Å². The van der Waals surface area contributed by atoms with Crippen molar-refractivity contribution in [3.8, 4) is 0 Å². The Bertz CT molecular complexity index is 1320. The van der Waals surface area contributed by atoms with Gasteiger partial charge in [-0.2, -0.15) is 12.1 Å². The molecule has 6 rings (SSSR count). The number of hydrogen-bond acceptors (Lipinski definition) is 0. The molecule has 0 fully saturated rings. The van der Waals surface area contributed by atoms with Crippen LogP contribution >= 0.6 is 0 Å². The molecule has 0 unspecified atom stereocenters. The predicted octanol–water partition coefficient (Wildman–Crippen LogP) is 2.83. The second-order valence-electron chi connectivity index (χ2n) is 8.72. The van der Waals surface area contributed by atoms with Crippen molar-refractivity contribution in [2.75, 3.05) is 0 Å². The van der Waals surface area contributed by atoms with Crippen molar-refractivity contribution in [1.82, 2.24) is 0 Å². The first kappa shape index (κ1) is 28.4. The molecule has 0 aromatic heterocycles. The molecule has 0 atom stereocenters. The van der Waals surface area contributed by atoms with Crippen LogP contribution in [0.2, 0.25) is 13.1 Å². The quantitative estimate of drug-likeness (QED) is 0.208. The van der Waals surface area contributed by atoms with Crippen LogP contribution in [-0.4, -0.2) is 6.19 Å². The molecule has 0 nitrogen and oxygen atoms in total. The van der Waals surface area contributed by atoms with Crippen LogP contribution in [0, 0.1) is 13.8 Å². The van der Waals surface area contributed by atoms with Gasteiger partial charge in [0.2, 0.25) is 0 Å². The van der Waals surface area contributed by atoms with Gasteiger partial charge in [0.25, 0.3) is 0 Å². The predicted molar refractivity (Wildman–Crippen MR) is 141 cm³/mol. The number of benzene rings is 4. The van der Waals surface area contributed by atoms with Gasteiger partial charge in [0, 0.05) is 0 Å². The van der Waals surface area contributed by atoms with Gasteiger partial charge in [0.15, 0.2) is 0 Å². The molecule has 0 aliphatic rings. The van der Waals surface area contributed by atoms with E-state index in [9.17, 15) is 0 Å². The second kappa shape index (κ2) is 12.7. The first-order valence-corrected chi connectivity index (χ1v) is 15.9. The van der Waals surface area contributed by atoms with E-state index in [1.807, 2.05) is 0 Å². The van der Waals surface area contributed by atoms with Crippen LogP contribution in [0.1, 0.15) is 11.1 Å². The van der Waals surface area contributed by atoms with Gasteiger partial charge < -0.3 is 24.8 Å². The van der Waals surface area contributed by atoms with E-state index in [2.05, 4.69) is 143 Å². The third kappa shape index (κ3) is 7.07. The molecule has 172 valence electrons. The summed E-state index contributed by atoms with van der Waals surface area (Å²) in [5, 5.41) is 10.7. The van der Waals surface area contributed by atoms with Crippen molar-refractivity contribution >= 4 is 49.3 Å². The normalized spacial score (nSPS) is 10.1. The van der Waals surface area contributed by atoms with Crippen molar-refractivity contribution in [2.45, 2.75) is 26.9 Å². The first-order chi connectivity index (χ1) is 15.4. The molecular formula is C30H28Cl2SiTi-2. The van der Waals surface area contributed by atoms with E-state index in [0.29, 0.717) is 0 Å². The largest absolute Gasteiger partial charge is 1.00 e. The fraction of sp³-hybridized carbons (Fsp3) is 0.133. The minimum Gasteiger partial charge on any atom is -1.00 e. The molecule has 0 spiro atoms. The molecule has 6 aromatic carbocycles. The Balaban J connectivity index is 0.000000198. The maximum Gasteiger partial charge on any atom is -0.0370 e. The number of halogens is 2. The number of hydrogen-bond donors (Lipinski definition) is 0. The van der Waals surface area contributed by atoms with Gasteiger partial charge in [-0.1, -0.05) is 85.3 Å². The maximum atomic E-state index is 2.27. The van der Waals surface area contributed by atoms with Crippen molar-refractivity contribution in [1.29, 1.82) is 0 Å². The Morgan fingerprint density at radius 3 is 1.15 bits per heavy atom. The molecule has 0 aliphatic heterocycles. The molecule has 0 heterocycles. The minimum absolute atomic E-state index is 0. The van der Waals surface area contributed by atoms with Crippen LogP contribution in [0.25, 0.3) is 43.1 Å². The molecule has 4 heteroatoms. The van der Waals surface area contributed by atoms with Crippen molar-refractivity contribution in [3.63, 3.8) is 0 Å². The standard InChI is InChI=1S/2C14H11.C2H6Si.2ClH.Ti/c2*1-10-6-13-8-11-4-2-3-5-12(11)9-14(13)7-10;1-3-2;;;/h2*2-9H,1H3;1-2H3;2*1H;/q2*-1;;;;+2/p-2. The summed E-state index contributed by atoms with van der Waals surface area (Å²) in [6.07, 6.45) is 0.120. The Labute approximate surface area is 227 Å². The van der Waals surface area contributed by atoms with Gasteiger partial charge in [-0.15, -0.1) is 56.9 Å². The number of rotatable bonds is 0. The average Bonchev–Trinajstić information content (AvgIpc) is 3.29. The molecule has 34 heavy (non-hydrogen) atoms. The minimum atomic E-state index is 0. The van der Waals surface area contributed by atoms with Crippen LogP contribution < -0.4 is 24.8 Å². The summed E-state index contributed by atoms with van der Waals surface area (Å²) < 4.78 is 0. The molecule has 6 aromatic rings. The Morgan fingerprint density at radius 2 is 0.824 bits per heavy atom.